The molecule has 0 radical (unpaired) electrons. The maximum atomic E-state index is 12.2. The van der Waals surface area contributed by atoms with Crippen molar-refractivity contribution in [3.05, 3.63) is 29.3 Å². The number of hydrogen-bond donors (Lipinski definition) is 1. The Morgan fingerprint density at radius 3 is 2.61 bits per heavy atom. The monoisotopic (exact) mass is 246 g/mol. The molecule has 0 spiro atoms. The predicted molar refractivity (Wildman–Crippen MR) is 74.8 cm³/mol. The largest absolute Gasteiger partial charge is 0.324 e. The molecule has 0 unspecified atom stereocenters. The number of amides is 1. The van der Waals surface area contributed by atoms with E-state index in [9.17, 15) is 4.79 Å². The molecule has 0 saturated carbocycles. The summed E-state index contributed by atoms with van der Waals surface area (Å²) in [5.74, 6) is 0.102. The average Bonchev–Trinajstić information content (AvgIpc) is 2.86. The zero-order valence-electron chi connectivity index (χ0n) is 11.5. The summed E-state index contributed by atoms with van der Waals surface area (Å²) in [5.41, 5.74) is 3.22. The first-order valence-electron chi connectivity index (χ1n) is 6.70. The second-order valence-electron chi connectivity index (χ2n) is 5.23. The fourth-order valence-corrected chi connectivity index (χ4v) is 2.40. The second-order valence-corrected chi connectivity index (χ2v) is 5.23. The molecule has 1 atom stereocenters. The van der Waals surface area contributed by atoms with Gasteiger partial charge < -0.3 is 5.32 Å². The third-order valence-corrected chi connectivity index (χ3v) is 3.72. The van der Waals surface area contributed by atoms with E-state index in [-0.39, 0.29) is 11.9 Å². The fourth-order valence-electron chi connectivity index (χ4n) is 2.40. The van der Waals surface area contributed by atoms with Crippen LogP contribution in [0.3, 0.4) is 0 Å². The van der Waals surface area contributed by atoms with Gasteiger partial charge in [0, 0.05) is 5.69 Å². The van der Waals surface area contributed by atoms with Gasteiger partial charge in [0.25, 0.3) is 0 Å². The molecule has 1 aromatic rings. The van der Waals surface area contributed by atoms with Crippen molar-refractivity contribution in [1.82, 2.24) is 4.90 Å². The Morgan fingerprint density at radius 1 is 1.28 bits per heavy atom. The second kappa shape index (κ2) is 5.53. The number of likely N-dealkylation sites (tertiary alicyclic amines) is 1. The molecule has 98 valence electrons. The highest BCUT2D eigenvalue weighted by Crippen LogP contribution is 2.18. The minimum Gasteiger partial charge on any atom is -0.324 e. The normalized spacial score (nSPS) is 17.7. The molecule has 1 saturated heterocycles. The standard InChI is InChI=1S/C15H22N2O/c1-11-6-7-12(2)14(10-11)16-15(18)13(3)17-8-4-5-9-17/h6-7,10,13H,4-5,8-9H2,1-3H3,(H,16,18)/t13-/m1/s1. The summed E-state index contributed by atoms with van der Waals surface area (Å²) in [6.07, 6.45) is 2.42. The van der Waals surface area contributed by atoms with Crippen LogP contribution < -0.4 is 5.32 Å². The van der Waals surface area contributed by atoms with Crippen molar-refractivity contribution in [1.29, 1.82) is 0 Å². The first-order valence-corrected chi connectivity index (χ1v) is 6.70. The smallest absolute Gasteiger partial charge is 0.241 e. The lowest BCUT2D eigenvalue weighted by molar-refractivity contribution is -0.120. The lowest BCUT2D eigenvalue weighted by Gasteiger charge is -2.23. The molecule has 1 amide bonds. The molecule has 1 heterocycles. The predicted octanol–water partition coefficient (Wildman–Crippen LogP) is 2.73. The maximum Gasteiger partial charge on any atom is 0.241 e. The van der Waals surface area contributed by atoms with E-state index in [1.54, 1.807) is 0 Å². The van der Waals surface area contributed by atoms with E-state index in [2.05, 4.69) is 16.3 Å². The van der Waals surface area contributed by atoms with Crippen molar-refractivity contribution in [2.24, 2.45) is 0 Å². The SMILES string of the molecule is Cc1ccc(C)c(NC(=O)[C@@H](C)N2CCCC2)c1. The Bertz CT molecular complexity index is 436. The molecule has 0 aliphatic carbocycles. The Balaban J connectivity index is 2.03. The molecule has 0 aromatic heterocycles. The van der Waals surface area contributed by atoms with Crippen molar-refractivity contribution in [3.8, 4) is 0 Å². The van der Waals surface area contributed by atoms with Crippen LogP contribution in [0.4, 0.5) is 5.69 Å². The van der Waals surface area contributed by atoms with Crippen molar-refractivity contribution in [3.63, 3.8) is 0 Å². The molecular weight excluding hydrogens is 224 g/mol. The molecule has 1 fully saturated rings. The van der Waals surface area contributed by atoms with E-state index in [0.717, 1.165) is 24.3 Å². The number of nitrogens with zero attached hydrogens (tertiary/aromatic N) is 1. The topological polar surface area (TPSA) is 32.3 Å². The summed E-state index contributed by atoms with van der Waals surface area (Å²) >= 11 is 0. The fraction of sp³-hybridized carbons (Fsp3) is 0.533. The number of hydrogen-bond acceptors (Lipinski definition) is 2. The van der Waals surface area contributed by atoms with Gasteiger partial charge in [0.05, 0.1) is 6.04 Å². The van der Waals surface area contributed by atoms with Gasteiger partial charge in [0.1, 0.15) is 0 Å². The van der Waals surface area contributed by atoms with Gasteiger partial charge in [-0.05, 0) is 63.9 Å². The van der Waals surface area contributed by atoms with Gasteiger partial charge in [-0.25, -0.2) is 0 Å². The zero-order chi connectivity index (χ0) is 13.1. The van der Waals surface area contributed by atoms with E-state index in [4.69, 9.17) is 0 Å². The van der Waals surface area contributed by atoms with E-state index < -0.39 is 0 Å². The number of anilines is 1. The lowest BCUT2D eigenvalue weighted by atomic mass is 10.1. The van der Waals surface area contributed by atoms with Crippen LogP contribution in [-0.4, -0.2) is 29.9 Å². The van der Waals surface area contributed by atoms with Gasteiger partial charge in [0.2, 0.25) is 5.91 Å². The van der Waals surface area contributed by atoms with Crippen LogP contribution in [0.5, 0.6) is 0 Å². The first kappa shape index (κ1) is 13.1. The first-order chi connectivity index (χ1) is 8.58. The van der Waals surface area contributed by atoms with Crippen molar-refractivity contribution in [2.45, 2.75) is 39.7 Å². The summed E-state index contributed by atoms with van der Waals surface area (Å²) in [7, 11) is 0. The van der Waals surface area contributed by atoms with E-state index in [1.807, 2.05) is 32.9 Å². The van der Waals surface area contributed by atoms with Crippen molar-refractivity contribution < 1.29 is 4.79 Å². The van der Waals surface area contributed by atoms with E-state index >= 15 is 0 Å². The van der Waals surface area contributed by atoms with Crippen LogP contribution in [-0.2, 0) is 4.79 Å². The molecule has 3 heteroatoms. The highest BCUT2D eigenvalue weighted by Gasteiger charge is 2.24. The van der Waals surface area contributed by atoms with Crippen LogP contribution >= 0.6 is 0 Å². The summed E-state index contributed by atoms with van der Waals surface area (Å²) in [5, 5.41) is 3.05. The molecular formula is C15H22N2O. The van der Waals surface area contributed by atoms with E-state index in [0.29, 0.717) is 0 Å². The van der Waals surface area contributed by atoms with Crippen LogP contribution in [0.25, 0.3) is 0 Å². The summed E-state index contributed by atoms with van der Waals surface area (Å²) in [6, 6.07) is 6.11. The third kappa shape index (κ3) is 2.91. The van der Waals surface area contributed by atoms with Crippen LogP contribution in [0.2, 0.25) is 0 Å². The quantitative estimate of drug-likeness (QED) is 0.889. The van der Waals surface area contributed by atoms with Gasteiger partial charge in [-0.1, -0.05) is 12.1 Å². The maximum absolute atomic E-state index is 12.2. The molecule has 2 rings (SSSR count). The van der Waals surface area contributed by atoms with Crippen LogP contribution in [0.15, 0.2) is 18.2 Å². The lowest BCUT2D eigenvalue weighted by Crippen LogP contribution is -2.40. The average molecular weight is 246 g/mol. The molecule has 3 nitrogen and oxygen atoms in total. The summed E-state index contributed by atoms with van der Waals surface area (Å²) < 4.78 is 0. The molecule has 1 N–H and O–H groups in total. The Kier molecular flexibility index (Phi) is 4.02. The molecule has 1 aliphatic heterocycles. The molecule has 1 aromatic carbocycles. The van der Waals surface area contributed by atoms with Gasteiger partial charge >= 0.3 is 0 Å². The summed E-state index contributed by atoms with van der Waals surface area (Å²) in [4.78, 5) is 14.5. The Labute approximate surface area is 109 Å². The Hall–Kier alpha value is -1.35. The number of aryl methyl sites for hydroxylation is 2. The molecule has 0 bridgehead atoms. The number of carbonyl (C=O) groups excluding carboxylic acids is 1. The van der Waals surface area contributed by atoms with Gasteiger partial charge in [0.15, 0.2) is 0 Å². The molecule has 1 aliphatic rings. The Morgan fingerprint density at radius 2 is 1.94 bits per heavy atom. The van der Waals surface area contributed by atoms with Gasteiger partial charge in [-0.3, -0.25) is 9.69 Å². The van der Waals surface area contributed by atoms with Crippen LogP contribution in [0, 0.1) is 13.8 Å². The minimum atomic E-state index is -0.0348. The van der Waals surface area contributed by atoms with Crippen molar-refractivity contribution in [2.75, 3.05) is 18.4 Å². The highest BCUT2D eigenvalue weighted by molar-refractivity contribution is 5.95. The van der Waals surface area contributed by atoms with Crippen molar-refractivity contribution >= 4 is 11.6 Å². The van der Waals surface area contributed by atoms with Gasteiger partial charge in [-0.15, -0.1) is 0 Å². The summed E-state index contributed by atoms with van der Waals surface area (Å²) in [6.45, 7) is 8.14. The number of benzene rings is 1. The highest BCUT2D eigenvalue weighted by atomic mass is 16.2. The zero-order valence-corrected chi connectivity index (χ0v) is 11.5. The van der Waals surface area contributed by atoms with E-state index in [1.165, 1.54) is 18.4 Å². The van der Waals surface area contributed by atoms with Crippen LogP contribution in [0.1, 0.15) is 30.9 Å². The third-order valence-electron chi connectivity index (χ3n) is 3.72. The number of nitrogens with one attached hydrogen (secondary N) is 1. The minimum absolute atomic E-state index is 0.0348. The molecule has 18 heavy (non-hydrogen) atoms. The number of rotatable bonds is 3. The van der Waals surface area contributed by atoms with Gasteiger partial charge in [-0.2, -0.15) is 0 Å². The number of carbonyl (C=O) groups is 1.